The van der Waals surface area contributed by atoms with E-state index >= 15 is 0 Å². The third kappa shape index (κ3) is 3.42. The molecular formula is C19H16N2O3S3. The molecule has 0 aliphatic carbocycles. The second kappa shape index (κ2) is 7.14. The minimum atomic E-state index is -3.87. The number of nitrogens with zero attached hydrogens (tertiary/aromatic N) is 1. The highest BCUT2D eigenvalue weighted by Crippen LogP contribution is 2.34. The van der Waals surface area contributed by atoms with E-state index in [0.29, 0.717) is 16.0 Å². The van der Waals surface area contributed by atoms with Gasteiger partial charge in [0.15, 0.2) is 0 Å². The lowest BCUT2D eigenvalue weighted by atomic mass is 9.95. The standard InChI is InChI=1S/C19H16N2O3S3/c22-19(15-8-11-25-12-15,17-7-3-10-26-17)13-21-27(23,24)16-6-1-4-14-5-2-9-20-18(14)16/h1-12,21-22H,13H2. The Balaban J connectivity index is 1.70. The van der Waals surface area contributed by atoms with E-state index in [0.717, 1.165) is 5.39 Å². The zero-order chi connectivity index (χ0) is 18.9. The van der Waals surface area contributed by atoms with Crippen molar-refractivity contribution in [1.29, 1.82) is 0 Å². The average molecular weight is 417 g/mol. The van der Waals surface area contributed by atoms with Crippen molar-refractivity contribution in [3.05, 3.63) is 81.3 Å². The number of pyridine rings is 1. The number of hydrogen-bond acceptors (Lipinski definition) is 6. The number of para-hydroxylation sites is 1. The monoisotopic (exact) mass is 416 g/mol. The van der Waals surface area contributed by atoms with Crippen molar-refractivity contribution in [3.8, 4) is 0 Å². The van der Waals surface area contributed by atoms with E-state index in [2.05, 4.69) is 9.71 Å². The number of aliphatic hydroxyl groups is 1. The second-order valence-corrected chi connectivity index (χ2v) is 9.47. The Hall–Kier alpha value is -2.10. The third-order valence-corrected chi connectivity index (χ3v) is 7.47. The molecule has 0 amide bonds. The van der Waals surface area contributed by atoms with Crippen LogP contribution in [0, 0.1) is 0 Å². The summed E-state index contributed by atoms with van der Waals surface area (Å²) in [5.41, 5.74) is -0.365. The van der Waals surface area contributed by atoms with Gasteiger partial charge < -0.3 is 5.11 Å². The topological polar surface area (TPSA) is 79.3 Å². The van der Waals surface area contributed by atoms with Gasteiger partial charge in [-0.1, -0.05) is 24.3 Å². The van der Waals surface area contributed by atoms with Gasteiger partial charge in [-0.15, -0.1) is 11.3 Å². The van der Waals surface area contributed by atoms with Crippen molar-refractivity contribution in [2.45, 2.75) is 10.5 Å². The van der Waals surface area contributed by atoms with Crippen molar-refractivity contribution in [2.24, 2.45) is 0 Å². The van der Waals surface area contributed by atoms with Crippen molar-refractivity contribution < 1.29 is 13.5 Å². The maximum atomic E-state index is 13.0. The van der Waals surface area contributed by atoms with Crippen LogP contribution in [-0.4, -0.2) is 25.1 Å². The molecule has 0 bridgehead atoms. The van der Waals surface area contributed by atoms with Gasteiger partial charge in [-0.25, -0.2) is 13.1 Å². The molecule has 4 rings (SSSR count). The van der Waals surface area contributed by atoms with Crippen LogP contribution in [0.2, 0.25) is 0 Å². The van der Waals surface area contributed by atoms with E-state index in [4.69, 9.17) is 0 Å². The van der Waals surface area contributed by atoms with E-state index in [1.165, 1.54) is 28.7 Å². The molecule has 0 radical (unpaired) electrons. The van der Waals surface area contributed by atoms with Crippen molar-refractivity contribution in [1.82, 2.24) is 9.71 Å². The van der Waals surface area contributed by atoms with Crippen LogP contribution in [-0.2, 0) is 15.6 Å². The number of thiophene rings is 2. The summed E-state index contributed by atoms with van der Waals surface area (Å²) in [5.74, 6) is 0. The summed E-state index contributed by atoms with van der Waals surface area (Å²) in [6.07, 6.45) is 1.56. The molecule has 5 nitrogen and oxygen atoms in total. The summed E-state index contributed by atoms with van der Waals surface area (Å²) in [4.78, 5) is 4.99. The average Bonchev–Trinajstić information content (AvgIpc) is 3.40. The fourth-order valence-electron chi connectivity index (χ4n) is 2.92. The molecule has 3 aromatic heterocycles. The first kappa shape index (κ1) is 18.3. The molecule has 3 heterocycles. The van der Waals surface area contributed by atoms with Crippen LogP contribution in [0.15, 0.2) is 75.8 Å². The van der Waals surface area contributed by atoms with E-state index in [9.17, 15) is 13.5 Å². The number of aromatic nitrogens is 1. The number of benzene rings is 1. The molecule has 1 atom stereocenters. The number of rotatable bonds is 6. The predicted octanol–water partition coefficient (Wildman–Crippen LogP) is 3.57. The maximum absolute atomic E-state index is 13.0. The Labute approximate surface area is 165 Å². The number of fused-ring (bicyclic) bond motifs is 1. The Kier molecular flexibility index (Phi) is 4.83. The molecular weight excluding hydrogens is 400 g/mol. The first-order valence-electron chi connectivity index (χ1n) is 8.13. The summed E-state index contributed by atoms with van der Waals surface area (Å²) in [5, 5.41) is 17.6. The van der Waals surface area contributed by atoms with Gasteiger partial charge in [0.2, 0.25) is 10.0 Å². The highest BCUT2D eigenvalue weighted by atomic mass is 32.2. The first-order valence-corrected chi connectivity index (χ1v) is 11.4. The Morgan fingerprint density at radius 1 is 1.07 bits per heavy atom. The van der Waals surface area contributed by atoms with Crippen LogP contribution in [0.1, 0.15) is 10.4 Å². The summed E-state index contributed by atoms with van der Waals surface area (Å²) >= 11 is 2.84. The predicted molar refractivity (Wildman–Crippen MR) is 109 cm³/mol. The van der Waals surface area contributed by atoms with E-state index in [1.54, 1.807) is 30.5 Å². The number of nitrogens with one attached hydrogen (secondary N) is 1. The van der Waals surface area contributed by atoms with Gasteiger partial charge in [0.1, 0.15) is 10.5 Å². The van der Waals surface area contributed by atoms with E-state index in [-0.39, 0.29) is 11.4 Å². The van der Waals surface area contributed by atoms with E-state index < -0.39 is 15.6 Å². The molecule has 4 aromatic rings. The lowest BCUT2D eigenvalue weighted by Gasteiger charge is -2.27. The Bertz CT molecular complexity index is 1110. The Morgan fingerprint density at radius 3 is 2.67 bits per heavy atom. The molecule has 0 aliphatic heterocycles. The molecule has 0 saturated heterocycles. The fraction of sp³-hybridized carbons (Fsp3) is 0.105. The van der Waals surface area contributed by atoms with Crippen LogP contribution in [0.25, 0.3) is 10.9 Å². The van der Waals surface area contributed by atoms with Crippen LogP contribution >= 0.6 is 22.7 Å². The SMILES string of the molecule is O=S(=O)(NCC(O)(c1ccsc1)c1cccs1)c1cccc2cccnc12. The van der Waals surface area contributed by atoms with Crippen molar-refractivity contribution >= 4 is 43.6 Å². The van der Waals surface area contributed by atoms with Crippen molar-refractivity contribution in [3.63, 3.8) is 0 Å². The second-order valence-electron chi connectivity index (χ2n) is 6.01. The van der Waals surface area contributed by atoms with Gasteiger partial charge in [0.05, 0.1) is 5.52 Å². The van der Waals surface area contributed by atoms with Crippen LogP contribution in [0.4, 0.5) is 0 Å². The summed E-state index contributed by atoms with van der Waals surface area (Å²) in [7, 11) is -3.87. The van der Waals surface area contributed by atoms with Gasteiger partial charge >= 0.3 is 0 Å². The Morgan fingerprint density at radius 2 is 1.93 bits per heavy atom. The minimum absolute atomic E-state index is 0.0967. The van der Waals surface area contributed by atoms with Gasteiger partial charge in [-0.05, 0) is 40.4 Å². The molecule has 0 spiro atoms. The van der Waals surface area contributed by atoms with Gasteiger partial charge in [-0.2, -0.15) is 11.3 Å². The molecule has 8 heteroatoms. The van der Waals surface area contributed by atoms with Gasteiger partial charge in [0.25, 0.3) is 0 Å². The molecule has 2 N–H and O–H groups in total. The van der Waals surface area contributed by atoms with Crippen LogP contribution < -0.4 is 4.72 Å². The first-order chi connectivity index (χ1) is 13.0. The quantitative estimate of drug-likeness (QED) is 0.504. The van der Waals surface area contributed by atoms with Gasteiger partial charge in [0, 0.05) is 28.6 Å². The normalized spacial score (nSPS) is 14.3. The smallest absolute Gasteiger partial charge is 0.242 e. The molecule has 1 aromatic carbocycles. The number of hydrogen-bond donors (Lipinski definition) is 2. The molecule has 27 heavy (non-hydrogen) atoms. The summed E-state index contributed by atoms with van der Waals surface area (Å²) < 4.78 is 28.5. The van der Waals surface area contributed by atoms with E-state index in [1.807, 2.05) is 34.3 Å². The fourth-order valence-corrected chi connectivity index (χ4v) is 5.72. The van der Waals surface area contributed by atoms with Crippen molar-refractivity contribution in [2.75, 3.05) is 6.54 Å². The lowest BCUT2D eigenvalue weighted by Crippen LogP contribution is -2.41. The molecule has 0 fully saturated rings. The third-order valence-electron chi connectivity index (χ3n) is 4.33. The molecule has 138 valence electrons. The molecule has 0 aliphatic rings. The number of sulfonamides is 1. The maximum Gasteiger partial charge on any atom is 0.242 e. The zero-order valence-electron chi connectivity index (χ0n) is 14.1. The highest BCUT2D eigenvalue weighted by molar-refractivity contribution is 7.89. The summed E-state index contributed by atoms with van der Waals surface area (Å²) in [6.45, 7) is -0.171. The summed E-state index contributed by atoms with van der Waals surface area (Å²) in [6, 6.07) is 14.0. The molecule has 0 saturated carbocycles. The van der Waals surface area contributed by atoms with Crippen LogP contribution in [0.3, 0.4) is 0 Å². The minimum Gasteiger partial charge on any atom is -0.378 e. The van der Waals surface area contributed by atoms with Gasteiger partial charge in [-0.3, -0.25) is 4.98 Å². The van der Waals surface area contributed by atoms with Crippen LogP contribution in [0.5, 0.6) is 0 Å². The largest absolute Gasteiger partial charge is 0.378 e. The zero-order valence-corrected chi connectivity index (χ0v) is 16.5. The molecule has 1 unspecified atom stereocenters. The lowest BCUT2D eigenvalue weighted by molar-refractivity contribution is 0.0903. The highest BCUT2D eigenvalue weighted by Gasteiger charge is 2.35.